The van der Waals surface area contributed by atoms with Crippen LogP contribution in [-0.4, -0.2) is 69.1 Å². The van der Waals surface area contributed by atoms with E-state index in [1.165, 1.54) is 32.1 Å². The van der Waals surface area contributed by atoms with Gasteiger partial charge in [0.25, 0.3) is 5.56 Å². The maximum atomic E-state index is 13.2. The molecule has 0 radical (unpaired) electrons. The molecule has 184 valence electrons. The Morgan fingerprint density at radius 3 is 2.30 bits per heavy atom. The molecule has 2 N–H and O–H groups in total. The summed E-state index contributed by atoms with van der Waals surface area (Å²) in [4.78, 5) is 26.0. The second kappa shape index (κ2) is 10.1. The summed E-state index contributed by atoms with van der Waals surface area (Å²) in [6, 6.07) is 0. The molecule has 0 amide bonds. The Morgan fingerprint density at radius 2 is 1.70 bits per heavy atom. The number of aryl methyl sites for hydroxylation is 1. The van der Waals surface area contributed by atoms with Crippen LogP contribution in [0.1, 0.15) is 71.4 Å². The predicted molar refractivity (Wildman–Crippen MR) is 133 cm³/mol. The molecule has 0 spiro atoms. The van der Waals surface area contributed by atoms with Crippen LogP contribution in [0.3, 0.4) is 0 Å². The van der Waals surface area contributed by atoms with Crippen molar-refractivity contribution in [2.75, 3.05) is 44.2 Å². The largest absolute Gasteiger partial charge is 0.395 e. The van der Waals surface area contributed by atoms with Crippen LogP contribution in [0.25, 0.3) is 11.0 Å². The highest BCUT2D eigenvalue weighted by molar-refractivity contribution is 5.78. The molecule has 2 aromatic rings. The molecule has 1 saturated heterocycles. The first-order valence-electron chi connectivity index (χ1n) is 12.8. The van der Waals surface area contributed by atoms with E-state index in [0.717, 1.165) is 56.8 Å². The van der Waals surface area contributed by atoms with Crippen LogP contribution in [0.4, 0.5) is 5.95 Å². The Kier molecular flexibility index (Phi) is 7.43. The van der Waals surface area contributed by atoms with Crippen LogP contribution in [0.15, 0.2) is 4.79 Å². The number of hydrogen-bond acceptors (Lipinski definition) is 6. The summed E-state index contributed by atoms with van der Waals surface area (Å²) >= 11 is 0. The van der Waals surface area contributed by atoms with E-state index >= 15 is 0 Å². The van der Waals surface area contributed by atoms with Gasteiger partial charge in [0.1, 0.15) is 5.52 Å². The first kappa shape index (κ1) is 24.2. The predicted octanol–water partition coefficient (Wildman–Crippen LogP) is 3.05. The molecule has 8 heteroatoms. The van der Waals surface area contributed by atoms with Crippen LogP contribution in [0, 0.1) is 11.8 Å². The molecule has 8 nitrogen and oxygen atoms in total. The van der Waals surface area contributed by atoms with Crippen molar-refractivity contribution in [2.45, 2.75) is 71.1 Å². The summed E-state index contributed by atoms with van der Waals surface area (Å²) in [5.41, 5.74) is 1.87. The number of nitrogens with zero attached hydrogens (tertiary/aromatic N) is 5. The molecule has 3 heterocycles. The minimum atomic E-state index is -0.189. The minimum absolute atomic E-state index is 0.105. The van der Waals surface area contributed by atoms with Gasteiger partial charge >= 0.3 is 0 Å². The van der Waals surface area contributed by atoms with E-state index in [0.29, 0.717) is 23.3 Å². The summed E-state index contributed by atoms with van der Waals surface area (Å²) in [6.45, 7) is 11.3. The molecule has 0 aromatic carbocycles. The number of rotatable bonds is 7. The zero-order chi connectivity index (χ0) is 23.6. The van der Waals surface area contributed by atoms with Crippen LogP contribution < -0.4 is 10.5 Å². The number of aromatic amines is 1. The Bertz CT molecular complexity index is 977. The first-order valence-corrected chi connectivity index (χ1v) is 12.8. The van der Waals surface area contributed by atoms with Crippen molar-refractivity contribution in [3.8, 4) is 0 Å². The molecular weight excluding hydrogens is 416 g/mol. The Morgan fingerprint density at radius 1 is 1.06 bits per heavy atom. The molecule has 2 aromatic heterocycles. The van der Waals surface area contributed by atoms with Gasteiger partial charge in [-0.2, -0.15) is 5.10 Å². The van der Waals surface area contributed by atoms with Crippen molar-refractivity contribution in [1.82, 2.24) is 24.6 Å². The van der Waals surface area contributed by atoms with Crippen LogP contribution >= 0.6 is 0 Å². The standard InChI is InChI=1S/C25H42N6O2/c1-25(2,3)22-20-21(29(4)28-22)23(33)27-24(26-20)31(16-18-8-6-5-7-9-18)17-19-10-12-30(13-11-19)14-15-32/h18-19,32H,5-17H2,1-4H3,(H,26,27,33). The first-order chi connectivity index (χ1) is 15.8. The van der Waals surface area contributed by atoms with E-state index in [1.54, 1.807) is 4.68 Å². The maximum absolute atomic E-state index is 13.2. The van der Waals surface area contributed by atoms with E-state index in [-0.39, 0.29) is 17.6 Å². The highest BCUT2D eigenvalue weighted by atomic mass is 16.3. The van der Waals surface area contributed by atoms with Gasteiger partial charge in [0, 0.05) is 32.1 Å². The van der Waals surface area contributed by atoms with E-state index < -0.39 is 0 Å². The number of piperidine rings is 1. The summed E-state index contributed by atoms with van der Waals surface area (Å²) < 4.78 is 1.67. The van der Waals surface area contributed by atoms with Gasteiger partial charge in [-0.3, -0.25) is 14.5 Å². The average molecular weight is 459 g/mol. The number of β-amino-alcohol motifs (C(OH)–C–C–N with tert-alkyl or cyclic N) is 1. The van der Waals surface area contributed by atoms with Crippen molar-refractivity contribution >= 4 is 17.0 Å². The summed E-state index contributed by atoms with van der Waals surface area (Å²) in [6.07, 6.45) is 8.71. The number of aliphatic hydroxyl groups excluding tert-OH is 1. The van der Waals surface area contributed by atoms with Gasteiger partial charge < -0.3 is 14.9 Å². The van der Waals surface area contributed by atoms with Crippen molar-refractivity contribution in [3.63, 3.8) is 0 Å². The number of likely N-dealkylation sites (tertiary alicyclic amines) is 1. The zero-order valence-corrected chi connectivity index (χ0v) is 20.9. The van der Waals surface area contributed by atoms with E-state index in [1.807, 2.05) is 7.05 Å². The Balaban J connectivity index is 1.63. The quantitative estimate of drug-likeness (QED) is 0.663. The summed E-state index contributed by atoms with van der Waals surface area (Å²) in [5.74, 6) is 1.93. The van der Waals surface area contributed by atoms with Crippen molar-refractivity contribution in [2.24, 2.45) is 18.9 Å². The van der Waals surface area contributed by atoms with Crippen LogP contribution in [0.2, 0.25) is 0 Å². The number of hydrogen-bond donors (Lipinski definition) is 2. The lowest BCUT2D eigenvalue weighted by Crippen LogP contribution is -2.42. The van der Waals surface area contributed by atoms with Crippen LogP contribution in [-0.2, 0) is 12.5 Å². The van der Waals surface area contributed by atoms with Gasteiger partial charge in [-0.1, -0.05) is 40.0 Å². The van der Waals surface area contributed by atoms with E-state index in [4.69, 9.17) is 4.98 Å². The number of aromatic nitrogens is 4. The van der Waals surface area contributed by atoms with Crippen molar-refractivity contribution in [1.29, 1.82) is 0 Å². The molecule has 1 aliphatic heterocycles. The maximum Gasteiger partial charge on any atom is 0.278 e. The zero-order valence-electron chi connectivity index (χ0n) is 20.9. The number of aliphatic hydroxyl groups is 1. The topological polar surface area (TPSA) is 90.3 Å². The van der Waals surface area contributed by atoms with Gasteiger partial charge in [-0.25, -0.2) is 4.98 Å². The highest BCUT2D eigenvalue weighted by Crippen LogP contribution is 2.30. The molecule has 1 aliphatic carbocycles. The molecule has 0 bridgehead atoms. The second-order valence-corrected chi connectivity index (χ2v) is 11.2. The molecule has 33 heavy (non-hydrogen) atoms. The molecule has 1 saturated carbocycles. The number of fused-ring (bicyclic) bond motifs is 1. The smallest absolute Gasteiger partial charge is 0.278 e. The van der Waals surface area contributed by atoms with Gasteiger partial charge in [0.2, 0.25) is 5.95 Å². The fourth-order valence-corrected chi connectivity index (χ4v) is 5.60. The second-order valence-electron chi connectivity index (χ2n) is 11.2. The Labute approximate surface area is 197 Å². The van der Waals surface area contributed by atoms with E-state index in [9.17, 15) is 9.90 Å². The third-order valence-corrected chi connectivity index (χ3v) is 7.50. The van der Waals surface area contributed by atoms with Crippen molar-refractivity contribution in [3.05, 3.63) is 16.0 Å². The van der Waals surface area contributed by atoms with Gasteiger partial charge in [-0.15, -0.1) is 0 Å². The summed E-state index contributed by atoms with van der Waals surface area (Å²) in [5, 5.41) is 13.9. The SMILES string of the molecule is Cn1nc(C(C)(C)C)c2nc(N(CC3CCCCC3)CC3CCN(CCO)CC3)[nH]c(=O)c21. The Hall–Kier alpha value is -1.93. The highest BCUT2D eigenvalue weighted by Gasteiger charge is 2.28. The lowest BCUT2D eigenvalue weighted by Gasteiger charge is -2.36. The summed E-state index contributed by atoms with van der Waals surface area (Å²) in [7, 11) is 1.83. The lowest BCUT2D eigenvalue weighted by atomic mass is 9.88. The fraction of sp³-hybridized carbons (Fsp3) is 0.800. The molecular formula is C25H42N6O2. The normalized spacial score (nSPS) is 19.4. The minimum Gasteiger partial charge on any atom is -0.395 e. The molecule has 0 atom stereocenters. The van der Waals surface area contributed by atoms with Crippen molar-refractivity contribution < 1.29 is 5.11 Å². The number of nitrogens with one attached hydrogen (secondary N) is 1. The third-order valence-electron chi connectivity index (χ3n) is 7.50. The van der Waals surface area contributed by atoms with Gasteiger partial charge in [0.15, 0.2) is 5.52 Å². The van der Waals surface area contributed by atoms with Gasteiger partial charge in [0.05, 0.1) is 12.3 Å². The monoisotopic (exact) mass is 458 g/mol. The van der Waals surface area contributed by atoms with Crippen LogP contribution in [0.5, 0.6) is 0 Å². The van der Waals surface area contributed by atoms with Gasteiger partial charge in [-0.05, 0) is 50.6 Å². The van der Waals surface area contributed by atoms with E-state index in [2.05, 4.69) is 40.7 Å². The fourth-order valence-electron chi connectivity index (χ4n) is 5.60. The third kappa shape index (κ3) is 5.60. The molecule has 2 aliphatic rings. The molecule has 2 fully saturated rings. The lowest BCUT2D eigenvalue weighted by molar-refractivity contribution is 0.148. The number of H-pyrrole nitrogens is 1. The number of anilines is 1. The average Bonchev–Trinajstić information content (AvgIpc) is 3.13. The molecule has 0 unspecified atom stereocenters. The molecule has 4 rings (SSSR count).